The van der Waals surface area contributed by atoms with E-state index in [2.05, 4.69) is 10.6 Å². The van der Waals surface area contributed by atoms with Crippen LogP contribution in [-0.2, 0) is 14.3 Å². The first kappa shape index (κ1) is 13.3. The van der Waals surface area contributed by atoms with E-state index in [4.69, 9.17) is 10.5 Å². The smallest absolute Gasteiger partial charge is 0.249 e. The minimum atomic E-state index is -0.515. The van der Waals surface area contributed by atoms with Gasteiger partial charge in [0.15, 0.2) is 0 Å². The molecule has 1 saturated carbocycles. The molecular formula is C12H21N3O3. The molecule has 18 heavy (non-hydrogen) atoms. The average molecular weight is 255 g/mol. The van der Waals surface area contributed by atoms with Crippen molar-refractivity contribution in [3.8, 4) is 0 Å². The maximum atomic E-state index is 11.9. The number of carbonyl (C=O) groups excluding carboxylic acids is 2. The maximum absolute atomic E-state index is 11.9. The second-order valence-corrected chi connectivity index (χ2v) is 5.07. The number of amides is 2. The normalized spacial score (nSPS) is 28.8. The van der Waals surface area contributed by atoms with Crippen LogP contribution in [0.25, 0.3) is 0 Å². The van der Waals surface area contributed by atoms with Crippen molar-refractivity contribution in [2.24, 2.45) is 5.73 Å². The van der Waals surface area contributed by atoms with E-state index in [0.29, 0.717) is 19.0 Å². The number of carbonyl (C=O) groups is 2. The third-order valence-electron chi connectivity index (χ3n) is 3.34. The zero-order valence-electron chi connectivity index (χ0n) is 10.6. The fourth-order valence-corrected chi connectivity index (χ4v) is 2.00. The molecule has 1 saturated heterocycles. The topological polar surface area (TPSA) is 93.5 Å². The van der Waals surface area contributed by atoms with Crippen molar-refractivity contribution < 1.29 is 14.3 Å². The lowest BCUT2D eigenvalue weighted by Gasteiger charge is -2.17. The summed E-state index contributed by atoms with van der Waals surface area (Å²) in [6.45, 7) is 2.12. The monoisotopic (exact) mass is 255 g/mol. The number of hydrogen-bond donors (Lipinski definition) is 3. The molecule has 2 aliphatic rings. The van der Waals surface area contributed by atoms with Gasteiger partial charge in [0.2, 0.25) is 11.8 Å². The molecule has 0 bridgehead atoms. The van der Waals surface area contributed by atoms with E-state index in [-0.39, 0.29) is 17.9 Å². The molecule has 3 atom stereocenters. The van der Waals surface area contributed by atoms with Gasteiger partial charge in [-0.25, -0.2) is 0 Å². The lowest BCUT2D eigenvalue weighted by Crippen LogP contribution is -2.48. The molecule has 1 aliphatic carbocycles. The SMILES string of the molecule is CC(NC(=O)C1CCC(CN)O1)C(=O)NC1CC1. The summed E-state index contributed by atoms with van der Waals surface area (Å²) in [5.74, 6) is -0.344. The Morgan fingerprint density at radius 2 is 2.06 bits per heavy atom. The van der Waals surface area contributed by atoms with E-state index in [0.717, 1.165) is 19.3 Å². The first-order valence-corrected chi connectivity index (χ1v) is 6.56. The summed E-state index contributed by atoms with van der Waals surface area (Å²) in [4.78, 5) is 23.5. The zero-order valence-corrected chi connectivity index (χ0v) is 10.6. The second-order valence-electron chi connectivity index (χ2n) is 5.07. The van der Waals surface area contributed by atoms with E-state index in [9.17, 15) is 9.59 Å². The van der Waals surface area contributed by atoms with Crippen molar-refractivity contribution in [3.05, 3.63) is 0 Å². The number of rotatable bonds is 5. The van der Waals surface area contributed by atoms with Crippen LogP contribution in [0.3, 0.4) is 0 Å². The molecule has 1 heterocycles. The molecule has 0 spiro atoms. The Hall–Kier alpha value is -1.14. The van der Waals surface area contributed by atoms with Crippen LogP contribution in [0.5, 0.6) is 0 Å². The van der Waals surface area contributed by atoms with E-state index in [1.54, 1.807) is 6.92 Å². The summed E-state index contributed by atoms with van der Waals surface area (Å²) in [6, 6.07) is -0.208. The third-order valence-corrected chi connectivity index (χ3v) is 3.34. The molecule has 0 aromatic rings. The Kier molecular flexibility index (Phi) is 4.19. The van der Waals surface area contributed by atoms with E-state index in [1.807, 2.05) is 0 Å². The maximum Gasteiger partial charge on any atom is 0.249 e. The second kappa shape index (κ2) is 5.67. The highest BCUT2D eigenvalue weighted by atomic mass is 16.5. The molecule has 4 N–H and O–H groups in total. The standard InChI is InChI=1S/C12H21N3O3/c1-7(11(16)15-8-2-3-8)14-12(17)10-5-4-9(6-13)18-10/h7-10H,2-6,13H2,1H3,(H,14,17)(H,15,16). The van der Waals surface area contributed by atoms with E-state index < -0.39 is 12.1 Å². The fraction of sp³-hybridized carbons (Fsp3) is 0.833. The van der Waals surface area contributed by atoms with Crippen LogP contribution in [0.4, 0.5) is 0 Å². The minimum absolute atomic E-state index is 0.0312. The first-order chi connectivity index (χ1) is 8.60. The van der Waals surface area contributed by atoms with Crippen molar-refractivity contribution in [1.82, 2.24) is 10.6 Å². The molecule has 0 aromatic heterocycles. The van der Waals surface area contributed by atoms with Gasteiger partial charge in [-0.15, -0.1) is 0 Å². The van der Waals surface area contributed by atoms with Gasteiger partial charge >= 0.3 is 0 Å². The lowest BCUT2D eigenvalue weighted by atomic mass is 10.2. The number of nitrogens with two attached hydrogens (primary N) is 1. The summed E-state index contributed by atoms with van der Waals surface area (Å²) in [7, 11) is 0. The molecule has 6 nitrogen and oxygen atoms in total. The van der Waals surface area contributed by atoms with Gasteiger partial charge in [-0.05, 0) is 32.6 Å². The Morgan fingerprint density at radius 3 is 2.61 bits per heavy atom. The van der Waals surface area contributed by atoms with Crippen molar-refractivity contribution in [3.63, 3.8) is 0 Å². The molecule has 6 heteroatoms. The average Bonchev–Trinajstić information content (AvgIpc) is 3.03. The Balaban J connectivity index is 1.74. The van der Waals surface area contributed by atoms with Crippen LogP contribution in [0.1, 0.15) is 32.6 Å². The van der Waals surface area contributed by atoms with Gasteiger partial charge in [0.1, 0.15) is 12.1 Å². The van der Waals surface area contributed by atoms with E-state index >= 15 is 0 Å². The summed E-state index contributed by atoms with van der Waals surface area (Å²) >= 11 is 0. The highest BCUT2D eigenvalue weighted by Gasteiger charge is 2.32. The largest absolute Gasteiger partial charge is 0.364 e. The Bertz CT molecular complexity index is 331. The number of nitrogens with one attached hydrogen (secondary N) is 2. The van der Waals surface area contributed by atoms with Gasteiger partial charge in [0, 0.05) is 12.6 Å². The Labute approximate surface area is 107 Å². The number of ether oxygens (including phenoxy) is 1. The molecule has 0 radical (unpaired) electrons. The first-order valence-electron chi connectivity index (χ1n) is 6.56. The summed E-state index contributed by atoms with van der Waals surface area (Å²) in [5, 5.41) is 5.54. The predicted molar refractivity (Wildman–Crippen MR) is 65.7 cm³/mol. The van der Waals surface area contributed by atoms with Crippen molar-refractivity contribution in [2.75, 3.05) is 6.54 Å². The van der Waals surface area contributed by atoms with E-state index in [1.165, 1.54) is 0 Å². The summed E-state index contributed by atoms with van der Waals surface area (Å²) in [5.41, 5.74) is 5.49. The summed E-state index contributed by atoms with van der Waals surface area (Å²) < 4.78 is 5.48. The molecule has 3 unspecified atom stereocenters. The lowest BCUT2D eigenvalue weighted by molar-refractivity contribution is -0.135. The van der Waals surface area contributed by atoms with Crippen LogP contribution in [0.2, 0.25) is 0 Å². The molecule has 2 amide bonds. The quantitative estimate of drug-likeness (QED) is 0.604. The fourth-order valence-electron chi connectivity index (χ4n) is 2.00. The highest BCUT2D eigenvalue weighted by molar-refractivity contribution is 5.89. The number of hydrogen-bond acceptors (Lipinski definition) is 4. The highest BCUT2D eigenvalue weighted by Crippen LogP contribution is 2.20. The van der Waals surface area contributed by atoms with Gasteiger partial charge in [-0.1, -0.05) is 0 Å². The van der Waals surface area contributed by atoms with Gasteiger partial charge in [-0.2, -0.15) is 0 Å². The molecule has 102 valence electrons. The summed E-state index contributed by atoms with van der Waals surface area (Å²) in [6.07, 6.45) is 3.06. The molecule has 0 aromatic carbocycles. The molecule has 2 fully saturated rings. The van der Waals surface area contributed by atoms with Crippen LogP contribution in [0.15, 0.2) is 0 Å². The van der Waals surface area contributed by atoms with Gasteiger partial charge in [0.05, 0.1) is 6.10 Å². The minimum Gasteiger partial charge on any atom is -0.364 e. The predicted octanol–water partition coefficient (Wildman–Crippen LogP) is -0.724. The van der Waals surface area contributed by atoms with Crippen LogP contribution in [-0.4, -0.2) is 42.7 Å². The molecule has 2 rings (SSSR count). The van der Waals surface area contributed by atoms with Crippen molar-refractivity contribution in [1.29, 1.82) is 0 Å². The van der Waals surface area contributed by atoms with Gasteiger partial charge in [-0.3, -0.25) is 9.59 Å². The van der Waals surface area contributed by atoms with Gasteiger partial charge < -0.3 is 21.1 Å². The van der Waals surface area contributed by atoms with Crippen LogP contribution in [0, 0.1) is 0 Å². The molecular weight excluding hydrogens is 234 g/mol. The van der Waals surface area contributed by atoms with Crippen LogP contribution < -0.4 is 16.4 Å². The molecule has 1 aliphatic heterocycles. The van der Waals surface area contributed by atoms with Crippen molar-refractivity contribution >= 4 is 11.8 Å². The zero-order chi connectivity index (χ0) is 13.1. The third kappa shape index (κ3) is 3.43. The van der Waals surface area contributed by atoms with Gasteiger partial charge in [0.25, 0.3) is 0 Å². The van der Waals surface area contributed by atoms with Crippen LogP contribution >= 0.6 is 0 Å². The Morgan fingerprint density at radius 1 is 1.33 bits per heavy atom. The van der Waals surface area contributed by atoms with Crippen molar-refractivity contribution in [2.45, 2.75) is 56.9 Å².